The number of hydrazone groups is 1. The van der Waals surface area contributed by atoms with E-state index in [-0.39, 0.29) is 12.3 Å². The van der Waals surface area contributed by atoms with Gasteiger partial charge in [0.15, 0.2) is 0 Å². The standard InChI is InChI=1S/C25H18Cl2N4O4/c1-2-35-24(32)25(15-28)22(16-6-4-3-5-7-16)23(20-13-8-17(26)14-21(20)27)29-30(25)18-9-11-19(12-10-18)31(33)34/h3-14,22H,2H2,1H3/t22-,25-/m1/s1. The average molecular weight is 509 g/mol. The molecule has 0 radical (unpaired) electrons. The first-order valence-corrected chi connectivity index (χ1v) is 11.3. The number of carbonyl (C=O) groups is 1. The van der Waals surface area contributed by atoms with Crippen LogP contribution < -0.4 is 5.01 Å². The molecular formula is C25H18Cl2N4O4. The van der Waals surface area contributed by atoms with Crippen molar-refractivity contribution in [1.29, 1.82) is 5.26 Å². The van der Waals surface area contributed by atoms with E-state index in [4.69, 9.17) is 33.0 Å². The van der Waals surface area contributed by atoms with Gasteiger partial charge in [0, 0.05) is 22.7 Å². The van der Waals surface area contributed by atoms with Gasteiger partial charge in [0.2, 0.25) is 0 Å². The Morgan fingerprint density at radius 1 is 1.17 bits per heavy atom. The summed E-state index contributed by atoms with van der Waals surface area (Å²) in [6, 6.07) is 21.4. The van der Waals surface area contributed by atoms with Crippen molar-refractivity contribution in [3.05, 3.63) is 104 Å². The van der Waals surface area contributed by atoms with Crippen molar-refractivity contribution in [2.45, 2.75) is 18.4 Å². The fourth-order valence-corrected chi connectivity index (χ4v) is 4.60. The van der Waals surface area contributed by atoms with Crippen molar-refractivity contribution in [2.24, 2.45) is 5.10 Å². The van der Waals surface area contributed by atoms with Crippen LogP contribution in [0.25, 0.3) is 0 Å². The molecule has 10 heteroatoms. The van der Waals surface area contributed by atoms with Gasteiger partial charge in [-0.05, 0) is 36.8 Å². The van der Waals surface area contributed by atoms with Gasteiger partial charge in [0.05, 0.1) is 33.9 Å². The van der Waals surface area contributed by atoms with Crippen LogP contribution in [0.4, 0.5) is 11.4 Å². The molecule has 1 aliphatic rings. The summed E-state index contributed by atoms with van der Waals surface area (Å²) in [6.45, 7) is 1.68. The maximum absolute atomic E-state index is 13.5. The quantitative estimate of drug-likeness (QED) is 0.238. The second-order valence-electron chi connectivity index (χ2n) is 7.64. The van der Waals surface area contributed by atoms with Crippen molar-refractivity contribution in [2.75, 3.05) is 11.6 Å². The van der Waals surface area contributed by atoms with Gasteiger partial charge in [0.25, 0.3) is 11.2 Å². The van der Waals surface area contributed by atoms with Crippen LogP contribution in [0.15, 0.2) is 77.9 Å². The minimum atomic E-state index is -1.95. The van der Waals surface area contributed by atoms with Gasteiger partial charge in [-0.1, -0.05) is 59.6 Å². The number of hydrogen-bond acceptors (Lipinski definition) is 7. The summed E-state index contributed by atoms with van der Waals surface area (Å²) in [7, 11) is 0. The Balaban J connectivity index is 2.01. The number of non-ortho nitro benzene ring substituents is 1. The molecule has 1 aliphatic heterocycles. The molecule has 0 unspecified atom stereocenters. The largest absolute Gasteiger partial charge is 0.463 e. The minimum Gasteiger partial charge on any atom is -0.463 e. The third-order valence-corrected chi connectivity index (χ3v) is 6.18. The molecule has 0 aliphatic carbocycles. The topological polar surface area (TPSA) is 109 Å². The molecule has 3 aromatic rings. The molecule has 0 bridgehead atoms. The molecule has 0 saturated heterocycles. The van der Waals surface area contributed by atoms with Crippen LogP contribution >= 0.6 is 23.2 Å². The molecule has 8 nitrogen and oxygen atoms in total. The Bertz CT molecular complexity index is 1360. The van der Waals surface area contributed by atoms with Gasteiger partial charge in [0.1, 0.15) is 6.07 Å². The molecule has 3 aromatic carbocycles. The number of nitrogens with zero attached hydrogens (tertiary/aromatic N) is 4. The first-order valence-electron chi connectivity index (χ1n) is 10.6. The number of benzene rings is 3. The number of rotatable bonds is 6. The second kappa shape index (κ2) is 9.74. The van der Waals surface area contributed by atoms with Crippen molar-refractivity contribution in [1.82, 2.24) is 0 Å². The van der Waals surface area contributed by atoms with Gasteiger partial charge in [-0.15, -0.1) is 0 Å². The number of halogens is 2. The lowest BCUT2D eigenvalue weighted by Gasteiger charge is -2.34. The number of carbonyl (C=O) groups excluding carboxylic acids is 1. The predicted molar refractivity (Wildman–Crippen MR) is 133 cm³/mol. The van der Waals surface area contributed by atoms with E-state index in [1.54, 1.807) is 49.4 Å². The van der Waals surface area contributed by atoms with E-state index in [1.165, 1.54) is 29.3 Å². The highest BCUT2D eigenvalue weighted by Crippen LogP contribution is 2.46. The van der Waals surface area contributed by atoms with Gasteiger partial charge in [-0.25, -0.2) is 9.80 Å². The summed E-state index contributed by atoms with van der Waals surface area (Å²) in [5, 5.41) is 28.4. The molecule has 0 saturated carbocycles. The Kier molecular flexibility index (Phi) is 6.74. The first kappa shape index (κ1) is 24.2. The zero-order valence-electron chi connectivity index (χ0n) is 18.4. The Morgan fingerprint density at radius 3 is 2.43 bits per heavy atom. The van der Waals surface area contributed by atoms with E-state index in [1.807, 2.05) is 6.07 Å². The smallest absolute Gasteiger partial charge is 0.350 e. The SMILES string of the molecule is CCOC(=O)[C@@]1(C#N)[C@H](c2ccccc2)C(c2ccc(Cl)cc2Cl)=NN1c1ccc([N+](=O)[O-])cc1. The minimum absolute atomic E-state index is 0.0366. The highest BCUT2D eigenvalue weighted by molar-refractivity contribution is 6.37. The van der Waals surface area contributed by atoms with Crippen molar-refractivity contribution >= 4 is 46.3 Å². The lowest BCUT2D eigenvalue weighted by molar-refractivity contribution is -0.384. The second-order valence-corrected chi connectivity index (χ2v) is 8.48. The summed E-state index contributed by atoms with van der Waals surface area (Å²) in [6.07, 6.45) is 0. The summed E-state index contributed by atoms with van der Waals surface area (Å²) >= 11 is 12.6. The molecule has 0 spiro atoms. The number of hydrogen-bond donors (Lipinski definition) is 0. The summed E-state index contributed by atoms with van der Waals surface area (Å²) < 4.78 is 5.38. The number of ether oxygens (including phenoxy) is 1. The maximum Gasteiger partial charge on any atom is 0.350 e. The third kappa shape index (κ3) is 4.20. The van der Waals surface area contributed by atoms with Crippen molar-refractivity contribution in [3.63, 3.8) is 0 Å². The van der Waals surface area contributed by atoms with Crippen molar-refractivity contribution in [3.8, 4) is 6.07 Å². The number of nitro groups is 1. The fourth-order valence-electron chi connectivity index (χ4n) is 4.10. The van der Waals surface area contributed by atoms with E-state index in [0.29, 0.717) is 32.6 Å². The van der Waals surface area contributed by atoms with Gasteiger partial charge >= 0.3 is 5.97 Å². The molecule has 2 atom stereocenters. The van der Waals surface area contributed by atoms with Crippen LogP contribution in [0.5, 0.6) is 0 Å². The Morgan fingerprint density at radius 2 is 1.86 bits per heavy atom. The van der Waals surface area contributed by atoms with E-state index < -0.39 is 22.3 Å². The predicted octanol–water partition coefficient (Wildman–Crippen LogP) is 5.74. The fraction of sp³-hybridized carbons (Fsp3) is 0.160. The molecule has 4 rings (SSSR count). The summed E-state index contributed by atoms with van der Waals surface area (Å²) in [4.78, 5) is 24.2. The lowest BCUT2D eigenvalue weighted by atomic mass is 9.75. The normalized spacial score (nSPS) is 19.1. The van der Waals surface area contributed by atoms with Crippen LogP contribution in [0.1, 0.15) is 24.0 Å². The highest BCUT2D eigenvalue weighted by Gasteiger charge is 2.60. The Hall–Kier alpha value is -3.93. The lowest BCUT2D eigenvalue weighted by Crippen LogP contribution is -2.54. The Labute approximate surface area is 211 Å². The van der Waals surface area contributed by atoms with Crippen LogP contribution in [0.3, 0.4) is 0 Å². The first-order chi connectivity index (χ1) is 16.8. The molecule has 1 heterocycles. The van der Waals surface area contributed by atoms with Gasteiger partial charge in [-0.3, -0.25) is 10.1 Å². The zero-order chi connectivity index (χ0) is 25.2. The van der Waals surface area contributed by atoms with Crippen LogP contribution in [-0.4, -0.2) is 28.8 Å². The molecule has 0 amide bonds. The monoisotopic (exact) mass is 508 g/mol. The number of nitro benzene ring substituents is 1. The molecule has 0 aromatic heterocycles. The molecule has 0 fully saturated rings. The number of nitriles is 1. The van der Waals surface area contributed by atoms with Gasteiger partial charge in [-0.2, -0.15) is 10.4 Å². The van der Waals surface area contributed by atoms with Crippen LogP contribution in [0.2, 0.25) is 10.0 Å². The zero-order valence-corrected chi connectivity index (χ0v) is 19.9. The van der Waals surface area contributed by atoms with E-state index in [9.17, 15) is 20.2 Å². The third-order valence-electron chi connectivity index (χ3n) is 5.64. The molecule has 35 heavy (non-hydrogen) atoms. The number of anilines is 1. The molecule has 176 valence electrons. The molecular weight excluding hydrogens is 491 g/mol. The van der Waals surface area contributed by atoms with Crippen LogP contribution in [0, 0.1) is 21.4 Å². The summed E-state index contributed by atoms with van der Waals surface area (Å²) in [5.41, 5.74) is -0.325. The van der Waals surface area contributed by atoms with Crippen molar-refractivity contribution < 1.29 is 14.5 Å². The van der Waals surface area contributed by atoms with E-state index in [2.05, 4.69) is 6.07 Å². The average Bonchev–Trinajstić information content (AvgIpc) is 3.20. The highest BCUT2D eigenvalue weighted by atomic mass is 35.5. The van der Waals surface area contributed by atoms with Crippen LogP contribution in [-0.2, 0) is 9.53 Å². The summed E-state index contributed by atoms with van der Waals surface area (Å²) in [5.74, 6) is -1.71. The van der Waals surface area contributed by atoms with E-state index in [0.717, 1.165) is 0 Å². The van der Waals surface area contributed by atoms with E-state index >= 15 is 0 Å². The maximum atomic E-state index is 13.5. The molecule has 0 N–H and O–H groups in total. The number of esters is 1. The van der Waals surface area contributed by atoms with Gasteiger partial charge < -0.3 is 4.74 Å².